The van der Waals surface area contributed by atoms with E-state index in [0.29, 0.717) is 6.54 Å². The maximum absolute atomic E-state index is 11.7. The van der Waals surface area contributed by atoms with Gasteiger partial charge in [0.2, 0.25) is 0 Å². The molecule has 1 N–H and O–H groups in total. The molecule has 0 spiro atoms. The van der Waals surface area contributed by atoms with E-state index >= 15 is 0 Å². The Bertz CT molecular complexity index is 73.9. The van der Waals surface area contributed by atoms with Gasteiger partial charge in [0, 0.05) is 12.8 Å². The first-order chi connectivity index (χ1) is 2.89. The van der Waals surface area contributed by atoms with Crippen LogP contribution < -0.4 is 5.09 Å². The van der Waals surface area contributed by atoms with Gasteiger partial charge < -0.3 is 0 Å². The molecule has 0 radical (unpaired) electrons. The van der Waals surface area contributed by atoms with Gasteiger partial charge in [-0.3, -0.25) is 0 Å². The Morgan fingerprint density at radius 2 is 2.83 bits per heavy atom. The van der Waals surface area contributed by atoms with E-state index < -0.39 is 8.53 Å². The van der Waals surface area contributed by atoms with E-state index in [0.717, 1.165) is 0 Å². The SMILES string of the molecule is FP1N=CCN1. The number of nitrogens with zero attached hydrogens (tertiary/aromatic N) is 1. The fraction of sp³-hybridized carbons (Fsp3) is 0.500. The van der Waals surface area contributed by atoms with Gasteiger partial charge in [0.15, 0.2) is 0 Å². The minimum atomic E-state index is -1.65. The standard InChI is InChI=1S/C2H4FN2P/c3-6-4-1-2-5-6/h1,5H,2H2. The predicted molar refractivity (Wildman–Crippen MR) is 24.5 cm³/mol. The molecule has 1 aliphatic heterocycles. The Kier molecular flexibility index (Phi) is 1.13. The van der Waals surface area contributed by atoms with Crippen molar-refractivity contribution in [3.63, 3.8) is 0 Å². The van der Waals surface area contributed by atoms with Crippen molar-refractivity contribution in [3.05, 3.63) is 0 Å². The van der Waals surface area contributed by atoms with Crippen LogP contribution >= 0.6 is 8.53 Å². The average molecular weight is 106 g/mol. The van der Waals surface area contributed by atoms with Crippen LogP contribution in [0.3, 0.4) is 0 Å². The number of hydrogen-bond donors (Lipinski definition) is 1. The van der Waals surface area contributed by atoms with E-state index in [9.17, 15) is 4.20 Å². The Hall–Kier alpha value is -0.0100. The van der Waals surface area contributed by atoms with Gasteiger partial charge in [-0.2, -0.15) is 4.20 Å². The summed E-state index contributed by atoms with van der Waals surface area (Å²) in [5.41, 5.74) is 0. The second-order valence-corrected chi connectivity index (χ2v) is 1.99. The minimum Gasteiger partial charge on any atom is -0.245 e. The van der Waals surface area contributed by atoms with Gasteiger partial charge in [-0.15, -0.1) is 0 Å². The van der Waals surface area contributed by atoms with Crippen molar-refractivity contribution in [1.82, 2.24) is 5.09 Å². The number of halogens is 1. The first-order valence-electron chi connectivity index (χ1n) is 1.61. The molecule has 0 saturated carbocycles. The molecule has 34 valence electrons. The van der Waals surface area contributed by atoms with Crippen LogP contribution in [-0.2, 0) is 0 Å². The summed E-state index contributed by atoms with van der Waals surface area (Å²) in [6.07, 6.45) is 1.55. The molecule has 6 heavy (non-hydrogen) atoms. The molecule has 0 aromatic carbocycles. The summed E-state index contributed by atoms with van der Waals surface area (Å²) in [5, 5.41) is 2.50. The van der Waals surface area contributed by atoms with Crippen molar-refractivity contribution in [2.45, 2.75) is 0 Å². The van der Waals surface area contributed by atoms with Crippen LogP contribution in [0.5, 0.6) is 0 Å². The topological polar surface area (TPSA) is 24.4 Å². The second kappa shape index (κ2) is 1.63. The lowest BCUT2D eigenvalue weighted by Gasteiger charge is -1.86. The van der Waals surface area contributed by atoms with Crippen molar-refractivity contribution in [3.8, 4) is 0 Å². The van der Waals surface area contributed by atoms with Gasteiger partial charge in [0.05, 0.1) is 0 Å². The van der Waals surface area contributed by atoms with Gasteiger partial charge in [-0.25, -0.2) is 9.85 Å². The van der Waals surface area contributed by atoms with Crippen molar-refractivity contribution < 1.29 is 4.20 Å². The zero-order valence-electron chi connectivity index (χ0n) is 3.06. The highest BCUT2D eigenvalue weighted by molar-refractivity contribution is 7.49. The molecule has 1 heterocycles. The third kappa shape index (κ3) is 0.730. The van der Waals surface area contributed by atoms with E-state index in [1.54, 1.807) is 6.21 Å². The summed E-state index contributed by atoms with van der Waals surface area (Å²) in [6.45, 7) is 0.599. The van der Waals surface area contributed by atoms with E-state index in [2.05, 4.69) is 9.85 Å². The summed E-state index contributed by atoms with van der Waals surface area (Å²) in [6, 6.07) is 0. The summed E-state index contributed by atoms with van der Waals surface area (Å²) in [5.74, 6) is 0. The molecule has 4 heteroatoms. The zero-order chi connectivity index (χ0) is 4.41. The first kappa shape index (κ1) is 4.16. The highest BCUT2D eigenvalue weighted by atomic mass is 31.2. The van der Waals surface area contributed by atoms with Gasteiger partial charge in [0.1, 0.15) is 0 Å². The van der Waals surface area contributed by atoms with Crippen LogP contribution in [0.2, 0.25) is 0 Å². The van der Waals surface area contributed by atoms with Gasteiger partial charge in [-0.1, -0.05) is 0 Å². The van der Waals surface area contributed by atoms with E-state index in [1.165, 1.54) is 0 Å². The summed E-state index contributed by atoms with van der Waals surface area (Å²) >= 11 is 0. The first-order valence-corrected chi connectivity index (χ1v) is 2.80. The van der Waals surface area contributed by atoms with Crippen LogP contribution in [0.15, 0.2) is 4.76 Å². The quantitative estimate of drug-likeness (QED) is 0.455. The fourth-order valence-electron chi connectivity index (χ4n) is 0.269. The highest BCUT2D eigenvalue weighted by Crippen LogP contribution is 2.34. The molecule has 0 bridgehead atoms. The molecule has 1 aliphatic rings. The number of hydrogen-bond acceptors (Lipinski definition) is 2. The summed E-state index contributed by atoms with van der Waals surface area (Å²) < 4.78 is 15.1. The van der Waals surface area contributed by atoms with E-state index in [-0.39, 0.29) is 0 Å². The van der Waals surface area contributed by atoms with E-state index in [1.807, 2.05) is 0 Å². The van der Waals surface area contributed by atoms with Crippen molar-refractivity contribution >= 4 is 14.7 Å². The second-order valence-electron chi connectivity index (χ2n) is 0.920. The van der Waals surface area contributed by atoms with Crippen LogP contribution in [0.25, 0.3) is 0 Å². The minimum absolute atomic E-state index is 0.599. The van der Waals surface area contributed by atoms with Crippen LogP contribution in [0, 0.1) is 0 Å². The maximum Gasteiger partial charge on any atom is 0.281 e. The molecular formula is C2H4FN2P. The molecule has 0 aromatic rings. The Balaban J connectivity index is 2.38. The molecule has 0 fully saturated rings. The lowest BCUT2D eigenvalue weighted by molar-refractivity contribution is 0.865. The monoisotopic (exact) mass is 106 g/mol. The van der Waals surface area contributed by atoms with Gasteiger partial charge >= 0.3 is 0 Å². The third-order valence-electron chi connectivity index (χ3n) is 0.496. The Morgan fingerprint density at radius 3 is 3.00 bits per heavy atom. The molecular weight excluding hydrogens is 102 g/mol. The fourth-order valence-corrected chi connectivity index (χ4v) is 0.808. The highest BCUT2D eigenvalue weighted by Gasteiger charge is 2.04. The molecule has 1 unspecified atom stereocenters. The molecule has 1 rings (SSSR count). The number of rotatable bonds is 0. The zero-order valence-corrected chi connectivity index (χ0v) is 3.95. The summed E-state index contributed by atoms with van der Waals surface area (Å²) in [4.78, 5) is 0. The lowest BCUT2D eigenvalue weighted by atomic mass is 10.8. The molecule has 1 atom stereocenters. The summed E-state index contributed by atoms with van der Waals surface area (Å²) in [7, 11) is -1.65. The predicted octanol–water partition coefficient (Wildman–Crippen LogP) is 0.857. The normalized spacial score (nSPS) is 31.8. The molecule has 0 aromatic heterocycles. The molecule has 2 nitrogen and oxygen atoms in total. The Morgan fingerprint density at radius 1 is 2.00 bits per heavy atom. The molecule has 0 aliphatic carbocycles. The average Bonchev–Trinajstić information content (AvgIpc) is 1.86. The molecule has 0 saturated heterocycles. The smallest absolute Gasteiger partial charge is 0.245 e. The largest absolute Gasteiger partial charge is 0.281 e. The number of nitrogens with one attached hydrogen (secondary N) is 1. The molecule has 0 amide bonds. The van der Waals surface area contributed by atoms with Crippen LogP contribution in [-0.4, -0.2) is 12.8 Å². The lowest BCUT2D eigenvalue weighted by Crippen LogP contribution is -1.97. The van der Waals surface area contributed by atoms with Gasteiger partial charge in [-0.05, 0) is 0 Å². The van der Waals surface area contributed by atoms with Crippen molar-refractivity contribution in [2.24, 2.45) is 4.76 Å². The maximum atomic E-state index is 11.7. The van der Waals surface area contributed by atoms with Crippen LogP contribution in [0.1, 0.15) is 0 Å². The van der Waals surface area contributed by atoms with Gasteiger partial charge in [0.25, 0.3) is 8.53 Å². The van der Waals surface area contributed by atoms with E-state index in [4.69, 9.17) is 0 Å². The van der Waals surface area contributed by atoms with Crippen molar-refractivity contribution in [1.29, 1.82) is 0 Å². The van der Waals surface area contributed by atoms with Crippen molar-refractivity contribution in [2.75, 3.05) is 6.54 Å². The third-order valence-corrected chi connectivity index (χ3v) is 1.31. The Labute approximate surface area is 36.4 Å². The van der Waals surface area contributed by atoms with Crippen LogP contribution in [0.4, 0.5) is 4.20 Å².